The van der Waals surface area contributed by atoms with E-state index in [1.54, 1.807) is 6.08 Å². The first-order valence-electron chi connectivity index (χ1n) is 8.87. The van der Waals surface area contributed by atoms with E-state index in [0.717, 1.165) is 25.7 Å². The molecular formula is C20H28O4. The molecule has 2 N–H and O–H groups in total. The van der Waals surface area contributed by atoms with Gasteiger partial charge in [-0.2, -0.15) is 0 Å². The summed E-state index contributed by atoms with van der Waals surface area (Å²) in [6.45, 7) is 8.59. The van der Waals surface area contributed by atoms with Crippen LogP contribution in [0, 0.1) is 22.7 Å². The van der Waals surface area contributed by atoms with E-state index in [-0.39, 0.29) is 29.8 Å². The molecule has 2 saturated carbocycles. The zero-order chi connectivity index (χ0) is 17.5. The normalized spacial score (nSPS) is 43.8. The number of hydrogen-bond donors (Lipinski definition) is 2. The number of esters is 1. The molecule has 0 radical (unpaired) electrons. The van der Waals surface area contributed by atoms with E-state index in [0.29, 0.717) is 12.0 Å². The summed E-state index contributed by atoms with van der Waals surface area (Å²) in [6.07, 6.45) is 8.86. The van der Waals surface area contributed by atoms with Crippen molar-refractivity contribution in [2.24, 2.45) is 22.7 Å². The van der Waals surface area contributed by atoms with Gasteiger partial charge in [0.15, 0.2) is 0 Å². The van der Waals surface area contributed by atoms with Gasteiger partial charge in [0.1, 0.15) is 0 Å². The maximum atomic E-state index is 11.6. The Hall–Kier alpha value is -1.39. The Balaban J connectivity index is 1.89. The van der Waals surface area contributed by atoms with Crippen molar-refractivity contribution in [1.29, 1.82) is 0 Å². The van der Waals surface area contributed by atoms with Crippen LogP contribution in [0.2, 0.25) is 0 Å². The van der Waals surface area contributed by atoms with Crippen LogP contribution in [0.5, 0.6) is 0 Å². The molecular weight excluding hydrogens is 304 g/mol. The minimum Gasteiger partial charge on any atom is -0.431 e. The first-order chi connectivity index (χ1) is 11.3. The second kappa shape index (κ2) is 6.16. The fourth-order valence-electron chi connectivity index (χ4n) is 5.34. The highest BCUT2D eigenvalue weighted by Gasteiger charge is 2.57. The number of cyclic esters (lactones) is 1. The van der Waals surface area contributed by atoms with Gasteiger partial charge in [0.05, 0.1) is 24.5 Å². The molecule has 2 aliphatic carbocycles. The summed E-state index contributed by atoms with van der Waals surface area (Å²) >= 11 is 0. The molecule has 0 amide bonds. The molecule has 4 heteroatoms. The van der Waals surface area contributed by atoms with Crippen molar-refractivity contribution in [3.63, 3.8) is 0 Å². The van der Waals surface area contributed by atoms with Crippen LogP contribution in [0.4, 0.5) is 0 Å². The fraction of sp³-hybridized carbons (Fsp3) is 0.650. The number of fused-ring (bicyclic) bond motifs is 1. The number of allylic oxidation sites excluding steroid dienone is 2. The summed E-state index contributed by atoms with van der Waals surface area (Å²) in [5, 5.41) is 20.5. The number of rotatable bonds is 3. The number of carbonyl (C=O) groups excluding carboxylic acids is 1. The van der Waals surface area contributed by atoms with Gasteiger partial charge < -0.3 is 14.9 Å². The second-order valence-corrected chi connectivity index (χ2v) is 8.13. The largest absolute Gasteiger partial charge is 0.431 e. The summed E-state index contributed by atoms with van der Waals surface area (Å²) in [6, 6.07) is 0. The number of hydrogen-bond acceptors (Lipinski definition) is 4. The van der Waals surface area contributed by atoms with Crippen LogP contribution < -0.4 is 0 Å². The van der Waals surface area contributed by atoms with Crippen LogP contribution in [0.25, 0.3) is 0 Å². The lowest BCUT2D eigenvalue weighted by molar-refractivity contribution is -0.151. The predicted molar refractivity (Wildman–Crippen MR) is 91.8 cm³/mol. The Bertz CT molecular complexity index is 605. The van der Waals surface area contributed by atoms with Gasteiger partial charge in [-0.15, -0.1) is 0 Å². The molecule has 2 fully saturated rings. The van der Waals surface area contributed by atoms with Crippen molar-refractivity contribution >= 4 is 5.97 Å². The Morgan fingerprint density at radius 3 is 2.79 bits per heavy atom. The summed E-state index contributed by atoms with van der Waals surface area (Å²) in [5.41, 5.74) is 1.34. The van der Waals surface area contributed by atoms with Crippen LogP contribution in [0.15, 0.2) is 36.1 Å². The Kier molecular flexibility index (Phi) is 4.47. The van der Waals surface area contributed by atoms with Crippen LogP contribution in [-0.4, -0.2) is 28.9 Å². The molecule has 132 valence electrons. The molecule has 0 unspecified atom stereocenters. The monoisotopic (exact) mass is 332 g/mol. The van der Waals surface area contributed by atoms with Crippen molar-refractivity contribution < 1.29 is 19.7 Å². The third-order valence-corrected chi connectivity index (χ3v) is 6.93. The van der Waals surface area contributed by atoms with Crippen molar-refractivity contribution in [1.82, 2.24) is 0 Å². The molecule has 0 saturated heterocycles. The van der Waals surface area contributed by atoms with Crippen LogP contribution >= 0.6 is 0 Å². The molecule has 24 heavy (non-hydrogen) atoms. The lowest BCUT2D eigenvalue weighted by Crippen LogP contribution is -2.57. The van der Waals surface area contributed by atoms with Gasteiger partial charge in [-0.05, 0) is 55.4 Å². The standard InChI is InChI=1S/C20H28O4/c1-13-4-7-16-19(2,10-8-17(22)20(16,3)12-21)15(13)6-5-14-9-11-24-18(14)23/h5,9,11,15-17,21-22H,1,4,6-8,10,12H2,2-3H3/b14-5+/t15-,16+,17-,19-,20+/m1/s1. The zero-order valence-electron chi connectivity index (χ0n) is 14.6. The van der Waals surface area contributed by atoms with Crippen molar-refractivity contribution in [2.45, 2.75) is 52.1 Å². The number of ether oxygens (including phenoxy) is 1. The summed E-state index contributed by atoms with van der Waals surface area (Å²) in [5.74, 6) is 0.208. The molecule has 1 aliphatic heterocycles. The fourth-order valence-corrected chi connectivity index (χ4v) is 5.34. The molecule has 5 atom stereocenters. The molecule has 0 bridgehead atoms. The zero-order valence-corrected chi connectivity index (χ0v) is 14.6. The van der Waals surface area contributed by atoms with Crippen LogP contribution in [0.1, 0.15) is 46.0 Å². The maximum Gasteiger partial charge on any atom is 0.342 e. The van der Waals surface area contributed by atoms with Gasteiger partial charge in [-0.1, -0.05) is 32.1 Å². The summed E-state index contributed by atoms with van der Waals surface area (Å²) < 4.78 is 4.85. The van der Waals surface area contributed by atoms with Gasteiger partial charge >= 0.3 is 5.97 Å². The van der Waals surface area contributed by atoms with Crippen molar-refractivity contribution in [3.8, 4) is 0 Å². The van der Waals surface area contributed by atoms with E-state index in [1.165, 1.54) is 11.8 Å². The van der Waals surface area contributed by atoms with E-state index in [9.17, 15) is 15.0 Å². The molecule has 4 nitrogen and oxygen atoms in total. The van der Waals surface area contributed by atoms with Crippen molar-refractivity contribution in [3.05, 3.63) is 36.1 Å². The van der Waals surface area contributed by atoms with Crippen LogP contribution in [0.3, 0.4) is 0 Å². The van der Waals surface area contributed by atoms with E-state index >= 15 is 0 Å². The van der Waals surface area contributed by atoms with Gasteiger partial charge in [-0.25, -0.2) is 4.79 Å². The Morgan fingerprint density at radius 2 is 2.17 bits per heavy atom. The van der Waals surface area contributed by atoms with E-state index in [2.05, 4.69) is 13.5 Å². The van der Waals surface area contributed by atoms with Crippen molar-refractivity contribution in [2.75, 3.05) is 6.61 Å². The molecule has 0 aromatic rings. The molecule has 0 spiro atoms. The number of aliphatic hydroxyl groups excluding tert-OH is 2. The van der Waals surface area contributed by atoms with Gasteiger partial charge in [0.25, 0.3) is 0 Å². The lowest BCUT2D eigenvalue weighted by Gasteiger charge is -2.59. The van der Waals surface area contributed by atoms with Gasteiger partial charge in [0, 0.05) is 5.41 Å². The van der Waals surface area contributed by atoms with E-state index < -0.39 is 11.5 Å². The molecule has 1 heterocycles. The average molecular weight is 332 g/mol. The molecule has 0 aromatic carbocycles. The third-order valence-electron chi connectivity index (χ3n) is 6.93. The minimum absolute atomic E-state index is 0.00374. The summed E-state index contributed by atoms with van der Waals surface area (Å²) in [4.78, 5) is 11.6. The Labute approximate surface area is 143 Å². The average Bonchev–Trinajstić information content (AvgIpc) is 2.96. The molecule has 0 aromatic heterocycles. The summed E-state index contributed by atoms with van der Waals surface area (Å²) in [7, 11) is 0. The third kappa shape index (κ3) is 2.56. The first kappa shape index (κ1) is 17.4. The number of carbonyl (C=O) groups is 1. The smallest absolute Gasteiger partial charge is 0.342 e. The van der Waals surface area contributed by atoms with E-state index in [4.69, 9.17) is 4.74 Å². The van der Waals surface area contributed by atoms with Gasteiger partial charge in [-0.3, -0.25) is 0 Å². The predicted octanol–water partition coefficient (Wildman–Crippen LogP) is 3.12. The quantitative estimate of drug-likeness (QED) is 0.473. The minimum atomic E-state index is -0.467. The lowest BCUT2D eigenvalue weighted by atomic mass is 9.46. The highest BCUT2D eigenvalue weighted by molar-refractivity contribution is 5.94. The highest BCUT2D eigenvalue weighted by Crippen LogP contribution is 2.61. The van der Waals surface area contributed by atoms with Gasteiger partial charge in [0.2, 0.25) is 0 Å². The Morgan fingerprint density at radius 1 is 1.42 bits per heavy atom. The number of aliphatic hydroxyl groups is 2. The molecule has 3 aliphatic rings. The first-order valence-corrected chi connectivity index (χ1v) is 8.87. The second-order valence-electron chi connectivity index (χ2n) is 8.13. The van der Waals surface area contributed by atoms with Crippen LogP contribution in [-0.2, 0) is 9.53 Å². The van der Waals surface area contributed by atoms with E-state index in [1.807, 2.05) is 13.0 Å². The maximum absolute atomic E-state index is 11.6. The molecule has 3 rings (SSSR count). The highest BCUT2D eigenvalue weighted by atomic mass is 16.5. The topological polar surface area (TPSA) is 66.8 Å². The SMILES string of the molecule is C=C1CC[C@@H]2[C@](C)(CO)[C@H](O)CC[C@]2(C)[C@@H]1C/C=C1\C=COC1=O.